The fourth-order valence-corrected chi connectivity index (χ4v) is 4.40. The number of likely N-dealkylation sites (tertiary alicyclic amines) is 1. The van der Waals surface area contributed by atoms with Crippen molar-refractivity contribution in [3.63, 3.8) is 0 Å². The first-order chi connectivity index (χ1) is 11.0. The summed E-state index contributed by atoms with van der Waals surface area (Å²) in [6, 6.07) is 6.65. The Labute approximate surface area is 138 Å². The van der Waals surface area contributed by atoms with Crippen molar-refractivity contribution >= 4 is 5.91 Å². The van der Waals surface area contributed by atoms with Crippen molar-refractivity contribution in [3.05, 3.63) is 29.3 Å². The summed E-state index contributed by atoms with van der Waals surface area (Å²) < 4.78 is 6.14. The van der Waals surface area contributed by atoms with Crippen molar-refractivity contribution < 1.29 is 9.53 Å². The highest BCUT2D eigenvalue weighted by atomic mass is 16.5. The molecule has 124 valence electrons. The first kappa shape index (κ1) is 15.0. The zero-order valence-electron chi connectivity index (χ0n) is 14.1. The molecule has 2 atom stereocenters. The third-order valence-electron chi connectivity index (χ3n) is 5.66. The Morgan fingerprint density at radius 2 is 2.09 bits per heavy atom. The molecule has 0 aromatic heterocycles. The molecule has 4 nitrogen and oxygen atoms in total. The van der Waals surface area contributed by atoms with E-state index in [1.165, 1.54) is 24.0 Å². The van der Waals surface area contributed by atoms with Gasteiger partial charge in [0.2, 0.25) is 0 Å². The Morgan fingerprint density at radius 3 is 2.96 bits per heavy atom. The summed E-state index contributed by atoms with van der Waals surface area (Å²) in [5.41, 5.74) is 2.00. The zero-order chi connectivity index (χ0) is 16.0. The fraction of sp³-hybridized carbons (Fsp3) is 0.632. The normalized spacial score (nSPS) is 26.3. The van der Waals surface area contributed by atoms with E-state index in [9.17, 15) is 4.79 Å². The number of nitrogens with one attached hydrogen (secondary N) is 1. The van der Waals surface area contributed by atoms with Crippen LogP contribution in [0.1, 0.15) is 37.8 Å². The molecular weight excluding hydrogens is 288 g/mol. The molecule has 1 amide bonds. The summed E-state index contributed by atoms with van der Waals surface area (Å²) in [5, 5.41) is 3.40. The molecule has 1 aliphatic carbocycles. The van der Waals surface area contributed by atoms with E-state index < -0.39 is 5.60 Å². The first-order valence-corrected chi connectivity index (χ1v) is 8.87. The number of carbonyl (C=O) groups is 1. The van der Waals surface area contributed by atoms with Gasteiger partial charge in [-0.05, 0) is 68.7 Å². The number of aryl methyl sites for hydroxylation is 2. The maximum atomic E-state index is 13.0. The van der Waals surface area contributed by atoms with Gasteiger partial charge in [0.1, 0.15) is 5.75 Å². The maximum Gasteiger partial charge on any atom is 0.266 e. The number of hydrogen-bond acceptors (Lipinski definition) is 3. The number of amides is 1. The predicted octanol–water partition coefficient (Wildman–Crippen LogP) is 2.15. The average Bonchev–Trinajstić information content (AvgIpc) is 3.21. The second-order valence-electron chi connectivity index (χ2n) is 7.67. The third-order valence-corrected chi connectivity index (χ3v) is 5.66. The Bertz CT molecular complexity index is 626. The van der Waals surface area contributed by atoms with Crippen LogP contribution in [0.4, 0.5) is 0 Å². The number of carbonyl (C=O) groups excluding carboxylic acids is 1. The number of ether oxygens (including phenoxy) is 1. The van der Waals surface area contributed by atoms with Gasteiger partial charge in [-0.1, -0.05) is 6.07 Å². The molecule has 4 rings (SSSR count). The van der Waals surface area contributed by atoms with Crippen LogP contribution in [0, 0.1) is 5.92 Å². The topological polar surface area (TPSA) is 41.6 Å². The van der Waals surface area contributed by atoms with Gasteiger partial charge in [-0.25, -0.2) is 0 Å². The van der Waals surface area contributed by atoms with Crippen LogP contribution in [-0.4, -0.2) is 42.1 Å². The number of rotatable bonds is 3. The summed E-state index contributed by atoms with van der Waals surface area (Å²) in [6.07, 6.45) is 4.63. The quantitative estimate of drug-likeness (QED) is 0.929. The van der Waals surface area contributed by atoms with E-state index in [4.69, 9.17) is 4.74 Å². The summed E-state index contributed by atoms with van der Waals surface area (Å²) in [6.45, 7) is 6.63. The van der Waals surface area contributed by atoms with E-state index in [0.29, 0.717) is 12.0 Å². The molecule has 2 unspecified atom stereocenters. The lowest BCUT2D eigenvalue weighted by Crippen LogP contribution is -2.51. The van der Waals surface area contributed by atoms with Crippen LogP contribution in [-0.2, 0) is 17.6 Å². The highest BCUT2D eigenvalue weighted by Crippen LogP contribution is 2.32. The molecule has 23 heavy (non-hydrogen) atoms. The molecule has 3 aliphatic rings. The Hall–Kier alpha value is -1.55. The number of nitrogens with zero attached hydrogens (tertiary/aromatic N) is 1. The molecule has 4 heteroatoms. The van der Waals surface area contributed by atoms with Gasteiger partial charge in [-0.3, -0.25) is 4.79 Å². The molecule has 0 spiro atoms. The summed E-state index contributed by atoms with van der Waals surface area (Å²) in [4.78, 5) is 15.1. The summed E-state index contributed by atoms with van der Waals surface area (Å²) in [5.74, 6) is 1.56. The largest absolute Gasteiger partial charge is 0.478 e. The van der Waals surface area contributed by atoms with E-state index in [1.54, 1.807) is 0 Å². The van der Waals surface area contributed by atoms with Gasteiger partial charge in [0.05, 0.1) is 0 Å². The highest BCUT2D eigenvalue weighted by Gasteiger charge is 2.45. The van der Waals surface area contributed by atoms with Crippen molar-refractivity contribution in [2.24, 2.45) is 5.92 Å². The van der Waals surface area contributed by atoms with Gasteiger partial charge in [0.25, 0.3) is 5.91 Å². The van der Waals surface area contributed by atoms with Crippen molar-refractivity contribution in [1.82, 2.24) is 10.2 Å². The van der Waals surface area contributed by atoms with Crippen LogP contribution in [0.5, 0.6) is 5.75 Å². The first-order valence-electron chi connectivity index (χ1n) is 8.87. The van der Waals surface area contributed by atoms with Gasteiger partial charge in [0.15, 0.2) is 5.60 Å². The van der Waals surface area contributed by atoms with Crippen molar-refractivity contribution in [2.45, 2.75) is 51.2 Å². The Kier molecular flexibility index (Phi) is 3.60. The summed E-state index contributed by atoms with van der Waals surface area (Å²) in [7, 11) is 0. The minimum atomic E-state index is -0.815. The average molecular weight is 314 g/mol. The molecule has 1 aromatic carbocycles. The van der Waals surface area contributed by atoms with Gasteiger partial charge in [-0.15, -0.1) is 0 Å². The number of fused-ring (bicyclic) bond motifs is 2. The molecule has 2 saturated heterocycles. The second kappa shape index (κ2) is 5.52. The third kappa shape index (κ3) is 2.63. The second-order valence-corrected chi connectivity index (χ2v) is 7.67. The molecule has 0 bridgehead atoms. The zero-order valence-corrected chi connectivity index (χ0v) is 14.1. The molecule has 2 aliphatic heterocycles. The van der Waals surface area contributed by atoms with Crippen molar-refractivity contribution in [1.29, 1.82) is 0 Å². The lowest BCUT2D eigenvalue weighted by atomic mass is 10.0. The SMILES string of the molecule is CC(C)(Oc1ccc2c(c1)CCC2)C(=O)N1CCC2CNCC21. The minimum Gasteiger partial charge on any atom is -0.478 e. The van der Waals surface area contributed by atoms with Gasteiger partial charge < -0.3 is 15.0 Å². The van der Waals surface area contributed by atoms with Gasteiger partial charge >= 0.3 is 0 Å². The minimum absolute atomic E-state index is 0.120. The van der Waals surface area contributed by atoms with E-state index in [1.807, 2.05) is 24.8 Å². The molecule has 0 radical (unpaired) electrons. The smallest absolute Gasteiger partial charge is 0.266 e. The van der Waals surface area contributed by atoms with Gasteiger partial charge in [-0.2, -0.15) is 0 Å². The molecule has 1 N–H and O–H groups in total. The van der Waals surface area contributed by atoms with E-state index in [2.05, 4.69) is 17.4 Å². The van der Waals surface area contributed by atoms with Crippen LogP contribution in [0.2, 0.25) is 0 Å². The van der Waals surface area contributed by atoms with Crippen molar-refractivity contribution in [2.75, 3.05) is 19.6 Å². The lowest BCUT2D eigenvalue weighted by Gasteiger charge is -2.33. The number of benzene rings is 1. The Morgan fingerprint density at radius 1 is 1.26 bits per heavy atom. The van der Waals surface area contributed by atoms with Crippen LogP contribution < -0.4 is 10.1 Å². The molecule has 1 aromatic rings. The maximum absolute atomic E-state index is 13.0. The predicted molar refractivity (Wildman–Crippen MR) is 89.7 cm³/mol. The molecule has 2 fully saturated rings. The summed E-state index contributed by atoms with van der Waals surface area (Å²) >= 11 is 0. The van der Waals surface area contributed by atoms with Crippen molar-refractivity contribution in [3.8, 4) is 5.75 Å². The van der Waals surface area contributed by atoms with Crippen LogP contribution in [0.3, 0.4) is 0 Å². The van der Waals surface area contributed by atoms with Crippen LogP contribution in [0.25, 0.3) is 0 Å². The molecule has 0 saturated carbocycles. The highest BCUT2D eigenvalue weighted by molar-refractivity contribution is 5.85. The molecule has 2 heterocycles. The van der Waals surface area contributed by atoms with Crippen LogP contribution >= 0.6 is 0 Å². The van der Waals surface area contributed by atoms with Crippen LogP contribution in [0.15, 0.2) is 18.2 Å². The lowest BCUT2D eigenvalue weighted by molar-refractivity contribution is -0.146. The Balaban J connectivity index is 1.49. The monoisotopic (exact) mass is 314 g/mol. The van der Waals surface area contributed by atoms with E-state index in [0.717, 1.165) is 38.2 Å². The van der Waals surface area contributed by atoms with E-state index >= 15 is 0 Å². The number of hydrogen-bond donors (Lipinski definition) is 1. The molecular formula is C19H26N2O2. The fourth-order valence-electron chi connectivity index (χ4n) is 4.40. The standard InChI is InChI=1S/C19H26N2O2/c1-19(2,18(22)21-9-8-15-11-20-12-17(15)21)23-16-7-6-13-4-3-5-14(13)10-16/h6-7,10,15,17,20H,3-5,8-9,11-12H2,1-2H3. The van der Waals surface area contributed by atoms with E-state index in [-0.39, 0.29) is 5.91 Å². The van der Waals surface area contributed by atoms with Gasteiger partial charge in [0, 0.05) is 25.7 Å².